The standard InChI is InChI=1S/C34H28IN3O2S/c1-20-18-24(21(2)37(20)26-13-11-25(35)12-14-26)19-30-33(39)38-32(23-8-15-27(40-3)16-9-23)29-17-10-22-6-4-5-7-28(22)31(29)36-34(38)41-30/h4-9,11-16,18-19,32H,10,17H2,1-3H3/b30-19+. The first-order valence-electron chi connectivity index (χ1n) is 13.6. The zero-order chi connectivity index (χ0) is 28.2. The number of hydrogen-bond acceptors (Lipinski definition) is 4. The van der Waals surface area contributed by atoms with Crippen LogP contribution in [0.3, 0.4) is 0 Å². The summed E-state index contributed by atoms with van der Waals surface area (Å²) in [6.45, 7) is 4.22. The van der Waals surface area contributed by atoms with E-state index < -0.39 is 0 Å². The summed E-state index contributed by atoms with van der Waals surface area (Å²) >= 11 is 3.80. The largest absolute Gasteiger partial charge is 0.497 e. The molecule has 1 unspecified atom stereocenters. The monoisotopic (exact) mass is 669 g/mol. The van der Waals surface area contributed by atoms with Gasteiger partial charge in [0.1, 0.15) is 5.75 Å². The van der Waals surface area contributed by atoms with E-state index in [0.29, 0.717) is 4.53 Å². The Balaban J connectivity index is 1.42. The van der Waals surface area contributed by atoms with Crippen LogP contribution in [0, 0.1) is 17.4 Å². The smallest absolute Gasteiger partial charge is 0.271 e. The van der Waals surface area contributed by atoms with Gasteiger partial charge in [-0.25, -0.2) is 4.99 Å². The summed E-state index contributed by atoms with van der Waals surface area (Å²) < 4.78 is 11.5. The number of halogens is 1. The van der Waals surface area contributed by atoms with Gasteiger partial charge in [-0.05, 0) is 120 Å². The van der Waals surface area contributed by atoms with Crippen LogP contribution in [0.25, 0.3) is 17.5 Å². The van der Waals surface area contributed by atoms with Gasteiger partial charge in [0.2, 0.25) is 0 Å². The Labute approximate surface area is 255 Å². The Kier molecular flexibility index (Phi) is 6.59. The molecule has 5 aromatic rings. The van der Waals surface area contributed by atoms with Crippen molar-refractivity contribution in [2.45, 2.75) is 32.7 Å². The van der Waals surface area contributed by atoms with E-state index in [1.54, 1.807) is 7.11 Å². The third-order valence-corrected chi connectivity index (χ3v) is 9.85. The van der Waals surface area contributed by atoms with Crippen LogP contribution in [0.2, 0.25) is 0 Å². The maximum atomic E-state index is 14.2. The third-order valence-electron chi connectivity index (χ3n) is 8.15. The molecular weight excluding hydrogens is 641 g/mol. The van der Waals surface area contributed by atoms with E-state index >= 15 is 0 Å². The van der Waals surface area contributed by atoms with Gasteiger partial charge in [0.15, 0.2) is 4.80 Å². The fourth-order valence-corrected chi connectivity index (χ4v) is 7.52. The molecule has 7 rings (SSSR count). The molecule has 2 aliphatic rings. The number of ether oxygens (including phenoxy) is 1. The van der Waals surface area contributed by atoms with Gasteiger partial charge in [0, 0.05) is 26.2 Å². The molecule has 0 radical (unpaired) electrons. The lowest BCUT2D eigenvalue weighted by Crippen LogP contribution is -2.38. The topological polar surface area (TPSA) is 48.5 Å². The highest BCUT2D eigenvalue weighted by Gasteiger charge is 2.32. The average molecular weight is 670 g/mol. The van der Waals surface area contributed by atoms with Gasteiger partial charge in [-0.3, -0.25) is 9.36 Å². The normalized spacial score (nSPS) is 16.2. The number of fused-ring (bicyclic) bond motifs is 3. The highest BCUT2D eigenvalue weighted by molar-refractivity contribution is 14.1. The van der Waals surface area contributed by atoms with Gasteiger partial charge in [-0.2, -0.15) is 0 Å². The van der Waals surface area contributed by atoms with Crippen LogP contribution in [0.1, 0.15) is 46.1 Å². The predicted molar refractivity (Wildman–Crippen MR) is 174 cm³/mol. The number of aryl methyl sites for hydroxylation is 2. The molecule has 0 saturated heterocycles. The van der Waals surface area contributed by atoms with Gasteiger partial charge in [0.25, 0.3) is 5.56 Å². The summed E-state index contributed by atoms with van der Waals surface area (Å²) in [5, 5.41) is 0. The van der Waals surface area contributed by atoms with Crippen LogP contribution in [-0.4, -0.2) is 16.2 Å². The zero-order valence-corrected chi connectivity index (χ0v) is 26.0. The van der Waals surface area contributed by atoms with Crippen molar-refractivity contribution < 1.29 is 4.74 Å². The molecule has 0 bridgehead atoms. The van der Waals surface area contributed by atoms with E-state index in [4.69, 9.17) is 9.73 Å². The first-order valence-corrected chi connectivity index (χ1v) is 15.5. The van der Waals surface area contributed by atoms with Crippen LogP contribution in [0.15, 0.2) is 94.2 Å². The van der Waals surface area contributed by atoms with Gasteiger partial charge < -0.3 is 9.30 Å². The summed E-state index contributed by atoms with van der Waals surface area (Å²) in [6, 6.07) is 27.1. The number of hydrogen-bond donors (Lipinski definition) is 0. The van der Waals surface area contributed by atoms with Crippen LogP contribution in [0.4, 0.5) is 0 Å². The van der Waals surface area contributed by atoms with Crippen LogP contribution in [0.5, 0.6) is 5.75 Å². The molecular formula is C34H28IN3O2S. The number of thiazole rings is 1. The Morgan fingerprint density at radius 3 is 2.51 bits per heavy atom. The van der Waals surface area contributed by atoms with Gasteiger partial charge in [-0.1, -0.05) is 47.7 Å². The van der Waals surface area contributed by atoms with Crippen molar-refractivity contribution >= 4 is 45.7 Å². The molecule has 7 heteroatoms. The van der Waals surface area contributed by atoms with Crippen molar-refractivity contribution in [2.75, 3.05) is 7.11 Å². The van der Waals surface area contributed by atoms with Gasteiger partial charge in [0.05, 0.1) is 23.4 Å². The summed E-state index contributed by atoms with van der Waals surface area (Å²) in [5.74, 6) is 0.799. The quantitative estimate of drug-likeness (QED) is 0.210. The average Bonchev–Trinajstić information content (AvgIpc) is 3.46. The minimum atomic E-state index is -0.207. The number of nitrogens with zero attached hydrogens (tertiary/aromatic N) is 3. The van der Waals surface area contributed by atoms with Crippen LogP contribution >= 0.6 is 33.9 Å². The SMILES string of the molecule is COc1ccc(C2C3=C(N=c4s/c(=C/c5cc(C)n(-c6ccc(I)cc6)c5C)c(=O)n42)c2ccccc2CC3)cc1. The lowest BCUT2D eigenvalue weighted by atomic mass is 9.83. The van der Waals surface area contributed by atoms with Gasteiger partial charge >= 0.3 is 0 Å². The van der Waals surface area contributed by atoms with E-state index in [2.05, 4.69) is 108 Å². The molecule has 5 nitrogen and oxygen atoms in total. The molecule has 204 valence electrons. The number of benzene rings is 3. The van der Waals surface area contributed by atoms with E-state index in [1.807, 2.05) is 22.8 Å². The first kappa shape index (κ1) is 26.2. The number of allylic oxidation sites excluding steroid dienone is 1. The fraction of sp³-hybridized carbons (Fsp3) is 0.176. The lowest BCUT2D eigenvalue weighted by Gasteiger charge is -2.30. The minimum absolute atomic E-state index is 0.000885. The molecule has 3 aromatic carbocycles. The third kappa shape index (κ3) is 4.42. The second-order valence-electron chi connectivity index (χ2n) is 10.5. The molecule has 2 aromatic heterocycles. The summed E-state index contributed by atoms with van der Waals surface area (Å²) in [5.41, 5.74) is 10.2. The highest BCUT2D eigenvalue weighted by Crippen LogP contribution is 2.41. The van der Waals surface area contributed by atoms with Crippen LogP contribution < -0.4 is 19.6 Å². The van der Waals surface area contributed by atoms with Crippen LogP contribution in [-0.2, 0) is 6.42 Å². The summed E-state index contributed by atoms with van der Waals surface area (Å²) in [6.07, 6.45) is 3.84. The van der Waals surface area contributed by atoms with E-state index in [1.165, 1.54) is 31.6 Å². The van der Waals surface area contributed by atoms with Crippen molar-refractivity contribution in [3.63, 3.8) is 0 Å². The Morgan fingerprint density at radius 1 is 1.00 bits per heavy atom. The number of aromatic nitrogens is 2. The van der Waals surface area contributed by atoms with E-state index in [9.17, 15) is 4.79 Å². The fourth-order valence-electron chi connectivity index (χ4n) is 6.17. The maximum Gasteiger partial charge on any atom is 0.271 e. The van der Waals surface area contributed by atoms with E-state index in [0.717, 1.165) is 57.3 Å². The van der Waals surface area contributed by atoms with Crippen molar-refractivity contribution in [1.29, 1.82) is 0 Å². The molecule has 1 atom stereocenters. The van der Waals surface area contributed by atoms with Crippen molar-refractivity contribution in [1.82, 2.24) is 9.13 Å². The molecule has 1 aliphatic heterocycles. The Bertz CT molecular complexity index is 2030. The molecule has 41 heavy (non-hydrogen) atoms. The van der Waals surface area contributed by atoms with Gasteiger partial charge in [-0.15, -0.1) is 0 Å². The molecule has 0 saturated carbocycles. The molecule has 0 spiro atoms. The van der Waals surface area contributed by atoms with Crippen molar-refractivity contribution in [3.05, 3.63) is 141 Å². The number of rotatable bonds is 4. The lowest BCUT2D eigenvalue weighted by molar-refractivity contribution is 0.414. The van der Waals surface area contributed by atoms with Crippen molar-refractivity contribution in [3.8, 4) is 11.4 Å². The second kappa shape index (κ2) is 10.3. The molecule has 3 heterocycles. The second-order valence-corrected chi connectivity index (χ2v) is 12.8. The number of methoxy groups -OCH3 is 1. The summed E-state index contributed by atoms with van der Waals surface area (Å²) in [4.78, 5) is 20.1. The molecule has 1 aliphatic carbocycles. The minimum Gasteiger partial charge on any atom is -0.497 e. The van der Waals surface area contributed by atoms with Crippen molar-refractivity contribution in [2.24, 2.45) is 4.99 Å². The predicted octanol–water partition coefficient (Wildman–Crippen LogP) is 6.34. The highest BCUT2D eigenvalue weighted by atomic mass is 127. The maximum absolute atomic E-state index is 14.2. The molecule has 0 fully saturated rings. The zero-order valence-electron chi connectivity index (χ0n) is 23.0. The Hall–Kier alpha value is -3.69. The van der Waals surface area contributed by atoms with E-state index in [-0.39, 0.29) is 11.6 Å². The Morgan fingerprint density at radius 2 is 1.76 bits per heavy atom. The molecule has 0 amide bonds. The molecule has 0 N–H and O–H groups in total. The summed E-state index contributed by atoms with van der Waals surface area (Å²) in [7, 11) is 1.67. The first-order chi connectivity index (χ1) is 19.9.